The molecule has 32 heavy (non-hydrogen) atoms. The topological polar surface area (TPSA) is 50.7 Å². The standard InChI is InChI=1S/C18H20N2O2.C9H10S/c1-14(21)20-18(22-13-15-9-5-3-6-10-15)17(19-2)16-11-7-4-8-12-16;1-3-8-6-4-5-7-9(8)10-2/h3-7,9-11H,2,8,12-13H2,1H3,(H,20,21);3-7H,1H2,2H3/b18-17-;. The van der Waals surface area contributed by atoms with Gasteiger partial charge in [0.2, 0.25) is 11.8 Å². The Kier molecular flexibility index (Phi) is 10.8. The van der Waals surface area contributed by atoms with Gasteiger partial charge >= 0.3 is 0 Å². The number of benzene rings is 2. The number of nitrogens with one attached hydrogen (secondary N) is 1. The fourth-order valence-electron chi connectivity index (χ4n) is 3.01. The molecule has 0 heterocycles. The molecule has 0 radical (unpaired) electrons. The summed E-state index contributed by atoms with van der Waals surface area (Å²) in [5.74, 6) is 0.157. The second-order valence-corrected chi connectivity index (χ2v) is 7.74. The molecule has 0 saturated carbocycles. The highest BCUT2D eigenvalue weighted by molar-refractivity contribution is 7.98. The molecule has 1 N–H and O–H groups in total. The third-order valence-electron chi connectivity index (χ3n) is 4.57. The fraction of sp³-hybridized carbons (Fsp3) is 0.185. The Hall–Kier alpha value is -3.31. The average molecular weight is 447 g/mol. The molecule has 0 fully saturated rings. The number of nitrogens with zero attached hydrogens (tertiary/aromatic N) is 1. The number of hydrogen-bond donors (Lipinski definition) is 1. The number of allylic oxidation sites excluding steroid dienone is 4. The Balaban J connectivity index is 0.000000303. The fourth-order valence-corrected chi connectivity index (χ4v) is 3.61. The zero-order valence-corrected chi connectivity index (χ0v) is 19.5. The van der Waals surface area contributed by atoms with Crippen LogP contribution < -0.4 is 5.32 Å². The van der Waals surface area contributed by atoms with Crippen molar-refractivity contribution in [2.75, 3.05) is 6.26 Å². The first-order valence-corrected chi connectivity index (χ1v) is 11.6. The van der Waals surface area contributed by atoms with E-state index < -0.39 is 0 Å². The van der Waals surface area contributed by atoms with Crippen molar-refractivity contribution in [1.29, 1.82) is 0 Å². The van der Waals surface area contributed by atoms with E-state index in [2.05, 4.69) is 48.1 Å². The number of carbonyl (C=O) groups is 1. The third-order valence-corrected chi connectivity index (χ3v) is 5.38. The lowest BCUT2D eigenvalue weighted by Gasteiger charge is -2.16. The molecule has 0 spiro atoms. The first kappa shape index (κ1) is 25.0. The first-order valence-electron chi connectivity index (χ1n) is 10.4. The van der Waals surface area contributed by atoms with Gasteiger partial charge in [-0.15, -0.1) is 11.8 Å². The van der Waals surface area contributed by atoms with Crippen molar-refractivity contribution in [3.63, 3.8) is 0 Å². The smallest absolute Gasteiger partial charge is 0.223 e. The normalized spacial score (nSPS) is 13.0. The highest BCUT2D eigenvalue weighted by Crippen LogP contribution is 2.24. The molecule has 5 heteroatoms. The number of amides is 1. The Labute approximate surface area is 195 Å². The molecule has 1 amide bonds. The Morgan fingerprint density at radius 2 is 1.91 bits per heavy atom. The van der Waals surface area contributed by atoms with E-state index in [-0.39, 0.29) is 5.91 Å². The van der Waals surface area contributed by atoms with Crippen molar-refractivity contribution < 1.29 is 9.53 Å². The molecule has 166 valence electrons. The van der Waals surface area contributed by atoms with Crippen molar-refractivity contribution in [2.24, 2.45) is 4.99 Å². The molecule has 2 aromatic rings. The van der Waals surface area contributed by atoms with Gasteiger partial charge in [0.05, 0.1) is 0 Å². The van der Waals surface area contributed by atoms with Gasteiger partial charge < -0.3 is 4.74 Å². The van der Waals surface area contributed by atoms with E-state index in [1.807, 2.05) is 60.7 Å². The minimum atomic E-state index is -0.198. The van der Waals surface area contributed by atoms with Gasteiger partial charge in [-0.25, -0.2) is 0 Å². The van der Waals surface area contributed by atoms with Crippen LogP contribution in [0, 0.1) is 0 Å². The van der Waals surface area contributed by atoms with Gasteiger partial charge in [0.15, 0.2) is 0 Å². The molecule has 0 atom stereocenters. The minimum absolute atomic E-state index is 0.198. The number of carbonyl (C=O) groups excluding carboxylic acids is 1. The molecule has 3 rings (SSSR count). The monoisotopic (exact) mass is 446 g/mol. The van der Waals surface area contributed by atoms with Crippen LogP contribution in [0.5, 0.6) is 0 Å². The van der Waals surface area contributed by atoms with E-state index >= 15 is 0 Å². The maximum atomic E-state index is 11.4. The van der Waals surface area contributed by atoms with E-state index in [0.717, 1.165) is 24.0 Å². The molecule has 0 unspecified atom stereocenters. The van der Waals surface area contributed by atoms with Crippen molar-refractivity contribution >= 4 is 30.5 Å². The van der Waals surface area contributed by atoms with Crippen LogP contribution in [0.3, 0.4) is 0 Å². The summed E-state index contributed by atoms with van der Waals surface area (Å²) in [5.41, 5.74) is 3.84. The zero-order chi connectivity index (χ0) is 23.2. The molecule has 1 aliphatic carbocycles. The zero-order valence-electron chi connectivity index (χ0n) is 18.7. The second kappa shape index (κ2) is 13.9. The maximum absolute atomic E-state index is 11.4. The lowest BCUT2D eigenvalue weighted by atomic mass is 10.0. The molecule has 1 aliphatic rings. The van der Waals surface area contributed by atoms with Crippen molar-refractivity contribution in [3.8, 4) is 0 Å². The average Bonchev–Trinajstić information content (AvgIpc) is 2.84. The van der Waals surface area contributed by atoms with Gasteiger partial charge in [0.1, 0.15) is 12.3 Å². The Morgan fingerprint density at radius 1 is 1.19 bits per heavy atom. The summed E-state index contributed by atoms with van der Waals surface area (Å²) >= 11 is 1.75. The van der Waals surface area contributed by atoms with Crippen LogP contribution in [0.4, 0.5) is 0 Å². The number of thioether (sulfide) groups is 1. The van der Waals surface area contributed by atoms with Crippen LogP contribution in [0.1, 0.15) is 30.9 Å². The van der Waals surface area contributed by atoms with Crippen LogP contribution >= 0.6 is 11.8 Å². The predicted molar refractivity (Wildman–Crippen MR) is 136 cm³/mol. The molecule has 2 aromatic carbocycles. The van der Waals surface area contributed by atoms with Gasteiger partial charge in [-0.1, -0.05) is 79.4 Å². The summed E-state index contributed by atoms with van der Waals surface area (Å²) in [6, 6.07) is 18.0. The summed E-state index contributed by atoms with van der Waals surface area (Å²) in [6.07, 6.45) is 11.8. The van der Waals surface area contributed by atoms with Crippen LogP contribution in [-0.4, -0.2) is 18.9 Å². The van der Waals surface area contributed by atoms with Crippen molar-refractivity contribution in [1.82, 2.24) is 5.32 Å². The molecular weight excluding hydrogens is 416 g/mol. The lowest BCUT2D eigenvalue weighted by molar-refractivity contribution is -0.119. The van der Waals surface area contributed by atoms with Crippen LogP contribution in [0.15, 0.2) is 106 Å². The number of ether oxygens (including phenoxy) is 1. The van der Waals surface area contributed by atoms with E-state index in [1.54, 1.807) is 11.8 Å². The highest BCUT2D eigenvalue weighted by atomic mass is 32.2. The predicted octanol–water partition coefficient (Wildman–Crippen LogP) is 6.54. The number of aliphatic imine (C=N–C) groups is 1. The number of hydrogen-bond acceptors (Lipinski definition) is 4. The summed E-state index contributed by atoms with van der Waals surface area (Å²) in [7, 11) is 0. The third kappa shape index (κ3) is 8.08. The Morgan fingerprint density at radius 3 is 2.47 bits per heavy atom. The first-order chi connectivity index (χ1) is 15.6. The van der Waals surface area contributed by atoms with Gasteiger partial charge in [-0.2, -0.15) is 0 Å². The number of rotatable bonds is 8. The highest BCUT2D eigenvalue weighted by Gasteiger charge is 2.14. The van der Waals surface area contributed by atoms with E-state index in [0.29, 0.717) is 18.2 Å². The Bertz CT molecular complexity index is 1010. The van der Waals surface area contributed by atoms with E-state index in [1.165, 1.54) is 17.4 Å². The molecule has 0 aliphatic heterocycles. The minimum Gasteiger partial charge on any atom is -0.473 e. The second-order valence-electron chi connectivity index (χ2n) is 6.90. The molecule has 0 aromatic heterocycles. The SMILES string of the molecule is C=Cc1ccccc1SC.C=N/C(C1=CC=CCC1)=C(/NC(C)=O)OCc1ccccc1. The van der Waals surface area contributed by atoms with Gasteiger partial charge in [-0.05, 0) is 48.6 Å². The molecular formula is C27H30N2O2S. The quantitative estimate of drug-likeness (QED) is 0.285. The summed E-state index contributed by atoms with van der Waals surface area (Å²) in [5, 5.41) is 2.72. The summed E-state index contributed by atoms with van der Waals surface area (Å²) < 4.78 is 5.79. The van der Waals surface area contributed by atoms with Gasteiger partial charge in [-0.3, -0.25) is 15.1 Å². The van der Waals surface area contributed by atoms with E-state index in [9.17, 15) is 4.79 Å². The lowest BCUT2D eigenvalue weighted by Crippen LogP contribution is -2.23. The van der Waals surface area contributed by atoms with Gasteiger partial charge in [0, 0.05) is 11.8 Å². The molecule has 4 nitrogen and oxygen atoms in total. The molecule has 0 bridgehead atoms. The van der Waals surface area contributed by atoms with E-state index in [4.69, 9.17) is 4.74 Å². The van der Waals surface area contributed by atoms with Crippen LogP contribution in [0.25, 0.3) is 6.08 Å². The van der Waals surface area contributed by atoms with Crippen molar-refractivity contribution in [2.45, 2.75) is 31.3 Å². The van der Waals surface area contributed by atoms with Crippen LogP contribution in [-0.2, 0) is 16.1 Å². The van der Waals surface area contributed by atoms with Crippen LogP contribution in [0.2, 0.25) is 0 Å². The largest absolute Gasteiger partial charge is 0.473 e. The molecule has 0 saturated heterocycles. The maximum Gasteiger partial charge on any atom is 0.223 e. The van der Waals surface area contributed by atoms with Gasteiger partial charge in [0.25, 0.3) is 0 Å². The summed E-state index contributed by atoms with van der Waals surface area (Å²) in [4.78, 5) is 16.8. The summed E-state index contributed by atoms with van der Waals surface area (Å²) in [6.45, 7) is 9.15. The van der Waals surface area contributed by atoms with Crippen molar-refractivity contribution in [3.05, 3.63) is 108 Å².